The SMILES string of the molecule is NC1CC(C2CC2)CN(c2ccc(C(F)F)c3ncccc23)C1. The molecule has 2 unspecified atom stereocenters. The van der Waals surface area contributed by atoms with Crippen LogP contribution in [0.3, 0.4) is 0 Å². The summed E-state index contributed by atoms with van der Waals surface area (Å²) in [5, 5.41) is 0.800. The number of rotatable bonds is 3. The monoisotopic (exact) mass is 317 g/mol. The zero-order chi connectivity index (χ0) is 16.0. The summed E-state index contributed by atoms with van der Waals surface area (Å²) in [5.74, 6) is 1.42. The standard InChI is InChI=1S/C18H21F2N3/c19-18(20)15-5-6-16(14-2-1-7-22-17(14)15)23-9-12(11-3-4-11)8-13(21)10-23/h1-2,5-7,11-13,18H,3-4,8-10,21H2. The first-order valence-electron chi connectivity index (χ1n) is 8.30. The first kappa shape index (κ1) is 14.8. The zero-order valence-corrected chi connectivity index (χ0v) is 13.0. The van der Waals surface area contributed by atoms with E-state index >= 15 is 0 Å². The summed E-state index contributed by atoms with van der Waals surface area (Å²) in [7, 11) is 0. The summed E-state index contributed by atoms with van der Waals surface area (Å²) in [6.07, 6.45) is 2.75. The lowest BCUT2D eigenvalue weighted by Gasteiger charge is -2.38. The Balaban J connectivity index is 1.74. The number of nitrogens with two attached hydrogens (primary N) is 1. The fourth-order valence-electron chi connectivity index (χ4n) is 3.92. The van der Waals surface area contributed by atoms with Crippen LogP contribution in [0.5, 0.6) is 0 Å². The lowest BCUT2D eigenvalue weighted by molar-refractivity contribution is 0.153. The Kier molecular flexibility index (Phi) is 3.68. The van der Waals surface area contributed by atoms with Gasteiger partial charge in [0, 0.05) is 42.0 Å². The second kappa shape index (κ2) is 5.71. The number of pyridine rings is 1. The fraction of sp³-hybridized carbons (Fsp3) is 0.500. The van der Waals surface area contributed by atoms with E-state index in [9.17, 15) is 8.78 Å². The molecule has 1 aromatic heterocycles. The molecule has 0 spiro atoms. The Morgan fingerprint density at radius 1 is 1.13 bits per heavy atom. The van der Waals surface area contributed by atoms with Crippen LogP contribution in [-0.2, 0) is 0 Å². The molecule has 2 atom stereocenters. The minimum Gasteiger partial charge on any atom is -0.369 e. The van der Waals surface area contributed by atoms with E-state index in [1.807, 2.05) is 18.2 Å². The number of anilines is 1. The molecule has 4 rings (SSSR count). The van der Waals surface area contributed by atoms with Crippen molar-refractivity contribution in [1.29, 1.82) is 0 Å². The minimum absolute atomic E-state index is 0.00407. The largest absolute Gasteiger partial charge is 0.369 e. The molecule has 0 amide bonds. The fourth-order valence-corrected chi connectivity index (χ4v) is 3.92. The maximum absolute atomic E-state index is 13.2. The molecule has 1 aliphatic heterocycles. The van der Waals surface area contributed by atoms with Gasteiger partial charge in [-0.25, -0.2) is 8.78 Å². The van der Waals surface area contributed by atoms with Crippen molar-refractivity contribution in [3.63, 3.8) is 0 Å². The van der Waals surface area contributed by atoms with E-state index in [2.05, 4.69) is 9.88 Å². The quantitative estimate of drug-likeness (QED) is 0.938. The summed E-state index contributed by atoms with van der Waals surface area (Å²) in [6, 6.07) is 7.17. The first-order valence-corrected chi connectivity index (χ1v) is 8.30. The number of halogens is 2. The minimum atomic E-state index is -2.51. The Labute approximate surface area is 134 Å². The molecule has 0 radical (unpaired) electrons. The van der Waals surface area contributed by atoms with Gasteiger partial charge >= 0.3 is 0 Å². The van der Waals surface area contributed by atoms with E-state index in [-0.39, 0.29) is 11.6 Å². The Hall–Kier alpha value is -1.75. The van der Waals surface area contributed by atoms with Crippen molar-refractivity contribution in [1.82, 2.24) is 4.98 Å². The topological polar surface area (TPSA) is 42.1 Å². The molecule has 23 heavy (non-hydrogen) atoms. The third-order valence-electron chi connectivity index (χ3n) is 5.16. The molecule has 2 aromatic rings. The molecule has 2 heterocycles. The van der Waals surface area contributed by atoms with E-state index in [1.165, 1.54) is 18.9 Å². The average molecular weight is 317 g/mol. The Morgan fingerprint density at radius 3 is 2.70 bits per heavy atom. The summed E-state index contributed by atoms with van der Waals surface area (Å²) >= 11 is 0. The van der Waals surface area contributed by atoms with Crippen LogP contribution in [0.25, 0.3) is 10.9 Å². The van der Waals surface area contributed by atoms with Crippen molar-refractivity contribution < 1.29 is 8.78 Å². The van der Waals surface area contributed by atoms with Gasteiger partial charge in [0.1, 0.15) is 0 Å². The molecule has 2 aliphatic rings. The predicted molar refractivity (Wildman–Crippen MR) is 87.7 cm³/mol. The van der Waals surface area contributed by atoms with Crippen molar-refractivity contribution >= 4 is 16.6 Å². The van der Waals surface area contributed by atoms with Gasteiger partial charge in [-0.05, 0) is 55.4 Å². The second-order valence-electron chi connectivity index (χ2n) is 6.87. The molecular weight excluding hydrogens is 296 g/mol. The van der Waals surface area contributed by atoms with Crippen molar-refractivity contribution in [3.8, 4) is 0 Å². The highest BCUT2D eigenvalue weighted by Gasteiger charge is 2.37. The van der Waals surface area contributed by atoms with Crippen LogP contribution in [0.4, 0.5) is 14.5 Å². The zero-order valence-electron chi connectivity index (χ0n) is 13.0. The number of nitrogens with zero attached hydrogens (tertiary/aromatic N) is 2. The van der Waals surface area contributed by atoms with E-state index in [0.717, 1.165) is 36.5 Å². The van der Waals surface area contributed by atoms with Crippen LogP contribution in [-0.4, -0.2) is 24.1 Å². The maximum atomic E-state index is 13.2. The summed E-state index contributed by atoms with van der Waals surface area (Å²) < 4.78 is 26.5. The average Bonchev–Trinajstić information content (AvgIpc) is 3.38. The van der Waals surface area contributed by atoms with Crippen molar-refractivity contribution in [2.24, 2.45) is 17.6 Å². The molecule has 2 fully saturated rings. The van der Waals surface area contributed by atoms with Crippen LogP contribution in [0.2, 0.25) is 0 Å². The summed E-state index contributed by atoms with van der Waals surface area (Å²) in [6.45, 7) is 1.75. The number of aromatic nitrogens is 1. The number of hydrogen-bond donors (Lipinski definition) is 1. The third kappa shape index (κ3) is 2.78. The molecule has 3 nitrogen and oxygen atoms in total. The second-order valence-corrected chi connectivity index (χ2v) is 6.87. The molecule has 2 N–H and O–H groups in total. The third-order valence-corrected chi connectivity index (χ3v) is 5.16. The summed E-state index contributed by atoms with van der Waals surface area (Å²) in [5.41, 5.74) is 7.66. The van der Waals surface area contributed by atoms with Gasteiger partial charge in [-0.3, -0.25) is 4.98 Å². The molecule has 5 heteroatoms. The highest BCUT2D eigenvalue weighted by molar-refractivity contribution is 5.94. The van der Waals surface area contributed by atoms with Crippen molar-refractivity contribution in [3.05, 3.63) is 36.0 Å². The van der Waals surface area contributed by atoms with Gasteiger partial charge in [0.05, 0.1) is 5.52 Å². The Morgan fingerprint density at radius 2 is 1.96 bits per heavy atom. The van der Waals surface area contributed by atoms with Crippen LogP contribution in [0.15, 0.2) is 30.5 Å². The van der Waals surface area contributed by atoms with E-state index in [4.69, 9.17) is 5.73 Å². The normalized spacial score (nSPS) is 25.3. The van der Waals surface area contributed by atoms with Gasteiger partial charge in [0.2, 0.25) is 0 Å². The van der Waals surface area contributed by atoms with Crippen LogP contribution in [0.1, 0.15) is 31.3 Å². The number of benzene rings is 1. The first-order chi connectivity index (χ1) is 11.1. The number of fused-ring (bicyclic) bond motifs is 1. The van der Waals surface area contributed by atoms with Crippen LogP contribution >= 0.6 is 0 Å². The Bertz CT molecular complexity index is 714. The van der Waals surface area contributed by atoms with Gasteiger partial charge in [-0.2, -0.15) is 0 Å². The molecule has 1 aliphatic carbocycles. The highest BCUT2D eigenvalue weighted by atomic mass is 19.3. The maximum Gasteiger partial charge on any atom is 0.265 e. The predicted octanol–water partition coefficient (Wildman–Crippen LogP) is 3.74. The molecule has 1 saturated carbocycles. The highest BCUT2D eigenvalue weighted by Crippen LogP contribution is 2.42. The molecular formula is C18H21F2N3. The van der Waals surface area contributed by atoms with Gasteiger partial charge in [-0.1, -0.05) is 0 Å². The number of hydrogen-bond acceptors (Lipinski definition) is 3. The summed E-state index contributed by atoms with van der Waals surface area (Å²) in [4.78, 5) is 6.48. The lowest BCUT2D eigenvalue weighted by atomic mass is 9.90. The van der Waals surface area contributed by atoms with Crippen molar-refractivity contribution in [2.75, 3.05) is 18.0 Å². The molecule has 0 bridgehead atoms. The molecule has 1 aromatic carbocycles. The van der Waals surface area contributed by atoms with Gasteiger partial charge in [-0.15, -0.1) is 0 Å². The van der Waals surface area contributed by atoms with Gasteiger partial charge in [0.25, 0.3) is 6.43 Å². The van der Waals surface area contributed by atoms with Crippen molar-refractivity contribution in [2.45, 2.75) is 31.7 Å². The van der Waals surface area contributed by atoms with Crippen LogP contribution in [0, 0.1) is 11.8 Å². The molecule has 122 valence electrons. The number of piperidine rings is 1. The van der Waals surface area contributed by atoms with E-state index in [1.54, 1.807) is 6.20 Å². The molecule has 1 saturated heterocycles. The van der Waals surface area contributed by atoms with E-state index in [0.29, 0.717) is 11.4 Å². The van der Waals surface area contributed by atoms with E-state index < -0.39 is 6.43 Å². The lowest BCUT2D eigenvalue weighted by Crippen LogP contribution is -2.47. The smallest absolute Gasteiger partial charge is 0.265 e. The van der Waals surface area contributed by atoms with Gasteiger partial charge < -0.3 is 10.6 Å². The van der Waals surface area contributed by atoms with Crippen LogP contribution < -0.4 is 10.6 Å². The number of alkyl halides is 2. The van der Waals surface area contributed by atoms with Gasteiger partial charge in [0.15, 0.2) is 0 Å².